The van der Waals surface area contributed by atoms with Crippen LogP contribution in [0, 0.1) is 0 Å². The minimum absolute atomic E-state index is 0.0198. The Bertz CT molecular complexity index is 610. The summed E-state index contributed by atoms with van der Waals surface area (Å²) in [6.07, 6.45) is -1.98. The van der Waals surface area contributed by atoms with Crippen molar-refractivity contribution in [3.05, 3.63) is 22.8 Å². The van der Waals surface area contributed by atoms with Crippen LogP contribution in [0.2, 0.25) is 5.02 Å². The lowest BCUT2D eigenvalue weighted by Crippen LogP contribution is -2.49. The summed E-state index contributed by atoms with van der Waals surface area (Å²) in [5, 5.41) is 2.74. The van der Waals surface area contributed by atoms with Crippen LogP contribution >= 0.6 is 11.6 Å². The van der Waals surface area contributed by atoms with E-state index in [-0.39, 0.29) is 17.1 Å². The molecule has 5 nitrogen and oxygen atoms in total. The number of carbonyl (C=O) groups is 1. The Morgan fingerprint density at radius 2 is 2.13 bits per heavy atom. The Hall–Kier alpha value is -1.70. The van der Waals surface area contributed by atoms with Gasteiger partial charge in [-0.3, -0.25) is 0 Å². The molecule has 1 atom stereocenters. The summed E-state index contributed by atoms with van der Waals surface area (Å²) in [4.78, 5) is 19.3. The van der Waals surface area contributed by atoms with Gasteiger partial charge in [0.2, 0.25) is 0 Å². The molecule has 2 aliphatic rings. The zero-order valence-corrected chi connectivity index (χ0v) is 13.0. The summed E-state index contributed by atoms with van der Waals surface area (Å²) in [6, 6.07) is 0.825. The Balaban J connectivity index is 1.77. The van der Waals surface area contributed by atoms with Crippen molar-refractivity contribution in [2.45, 2.75) is 25.1 Å². The highest BCUT2D eigenvalue weighted by Gasteiger charge is 2.34. The fourth-order valence-electron chi connectivity index (χ4n) is 3.05. The second kappa shape index (κ2) is 6.07. The third-order valence-electron chi connectivity index (χ3n) is 4.18. The van der Waals surface area contributed by atoms with E-state index in [1.165, 1.54) is 0 Å². The summed E-state index contributed by atoms with van der Waals surface area (Å²) in [5.74, 6) is 0.337. The van der Waals surface area contributed by atoms with Crippen molar-refractivity contribution in [3.8, 4) is 0 Å². The number of carbonyl (C=O) groups excluding carboxylic acids is 1. The largest absolute Gasteiger partial charge is 0.417 e. The van der Waals surface area contributed by atoms with Crippen LogP contribution in [0.4, 0.5) is 23.8 Å². The van der Waals surface area contributed by atoms with E-state index >= 15 is 0 Å². The molecule has 2 saturated heterocycles. The quantitative estimate of drug-likeness (QED) is 0.894. The predicted molar refractivity (Wildman–Crippen MR) is 79.6 cm³/mol. The minimum Gasteiger partial charge on any atom is -0.353 e. The van der Waals surface area contributed by atoms with Crippen molar-refractivity contribution in [2.75, 3.05) is 31.1 Å². The number of rotatable bonds is 2. The van der Waals surface area contributed by atoms with E-state index in [4.69, 9.17) is 11.6 Å². The van der Waals surface area contributed by atoms with Gasteiger partial charge in [0.05, 0.1) is 16.6 Å². The lowest BCUT2D eigenvalue weighted by Gasteiger charge is -2.38. The van der Waals surface area contributed by atoms with Gasteiger partial charge >= 0.3 is 12.2 Å². The zero-order valence-electron chi connectivity index (χ0n) is 12.2. The third-order valence-corrected chi connectivity index (χ3v) is 4.45. The number of amides is 2. The summed E-state index contributed by atoms with van der Waals surface area (Å²) >= 11 is 6.01. The molecule has 0 bridgehead atoms. The Morgan fingerprint density at radius 1 is 1.35 bits per heavy atom. The number of anilines is 1. The topological polar surface area (TPSA) is 48.5 Å². The maximum atomic E-state index is 12.7. The molecule has 0 aromatic carbocycles. The first kappa shape index (κ1) is 16.2. The van der Waals surface area contributed by atoms with Gasteiger partial charge in [0.15, 0.2) is 0 Å². The molecule has 0 unspecified atom stereocenters. The van der Waals surface area contributed by atoms with Gasteiger partial charge in [-0.2, -0.15) is 13.2 Å². The molecular formula is C14H16ClF3N4O. The number of hydrogen-bond donors (Lipinski definition) is 1. The summed E-state index contributed by atoms with van der Waals surface area (Å²) in [7, 11) is 0. The Labute approximate surface area is 136 Å². The van der Waals surface area contributed by atoms with E-state index in [2.05, 4.69) is 10.3 Å². The molecule has 0 saturated carbocycles. The molecule has 2 aliphatic heterocycles. The van der Waals surface area contributed by atoms with Crippen LogP contribution in [-0.4, -0.2) is 48.1 Å². The van der Waals surface area contributed by atoms with E-state index in [0.29, 0.717) is 32.0 Å². The highest BCUT2D eigenvalue weighted by molar-refractivity contribution is 6.33. The number of halogens is 4. The molecule has 1 aromatic heterocycles. The van der Waals surface area contributed by atoms with E-state index in [1.807, 2.05) is 4.90 Å². The first-order chi connectivity index (χ1) is 10.9. The molecule has 3 rings (SSSR count). The second-order valence-corrected chi connectivity index (χ2v) is 6.10. The van der Waals surface area contributed by atoms with Gasteiger partial charge in [0, 0.05) is 32.4 Å². The first-order valence-electron chi connectivity index (χ1n) is 7.38. The Morgan fingerprint density at radius 3 is 2.74 bits per heavy atom. The van der Waals surface area contributed by atoms with Gasteiger partial charge in [0.1, 0.15) is 5.82 Å². The highest BCUT2D eigenvalue weighted by atomic mass is 35.5. The smallest absolute Gasteiger partial charge is 0.353 e. The molecule has 126 valence electrons. The number of piperidine rings is 1. The number of nitrogens with zero attached hydrogens (tertiary/aromatic N) is 3. The van der Waals surface area contributed by atoms with Crippen molar-refractivity contribution in [1.82, 2.24) is 15.2 Å². The van der Waals surface area contributed by atoms with Crippen molar-refractivity contribution in [3.63, 3.8) is 0 Å². The number of urea groups is 1. The minimum atomic E-state index is -4.47. The first-order valence-corrected chi connectivity index (χ1v) is 7.76. The number of alkyl halides is 3. The van der Waals surface area contributed by atoms with Gasteiger partial charge in [-0.25, -0.2) is 9.78 Å². The van der Waals surface area contributed by atoms with Gasteiger partial charge in [-0.05, 0) is 18.9 Å². The zero-order chi connectivity index (χ0) is 16.6. The van der Waals surface area contributed by atoms with Crippen LogP contribution in [0.5, 0.6) is 0 Å². The fourth-order valence-corrected chi connectivity index (χ4v) is 3.34. The van der Waals surface area contributed by atoms with Crippen LogP contribution in [-0.2, 0) is 6.18 Å². The normalized spacial score (nSPS) is 22.4. The SMILES string of the molecule is O=C1NCCN1[C@@H]1CCCN(c2ncc(C(F)(F)F)cc2Cl)C1. The number of aromatic nitrogens is 1. The molecule has 23 heavy (non-hydrogen) atoms. The second-order valence-electron chi connectivity index (χ2n) is 5.69. The van der Waals surface area contributed by atoms with Crippen LogP contribution < -0.4 is 10.2 Å². The number of nitrogens with one attached hydrogen (secondary N) is 1. The summed E-state index contributed by atoms with van der Waals surface area (Å²) in [5.41, 5.74) is -0.862. The average Bonchev–Trinajstić information content (AvgIpc) is 2.92. The van der Waals surface area contributed by atoms with Crippen LogP contribution in [0.1, 0.15) is 18.4 Å². The molecule has 2 fully saturated rings. The van der Waals surface area contributed by atoms with Crippen molar-refractivity contribution < 1.29 is 18.0 Å². The third kappa shape index (κ3) is 3.31. The number of pyridine rings is 1. The maximum absolute atomic E-state index is 12.7. The van der Waals surface area contributed by atoms with Crippen molar-refractivity contribution in [1.29, 1.82) is 0 Å². The maximum Gasteiger partial charge on any atom is 0.417 e. The molecule has 9 heteroatoms. The van der Waals surface area contributed by atoms with Crippen LogP contribution in [0.25, 0.3) is 0 Å². The predicted octanol–water partition coefficient (Wildman–Crippen LogP) is 2.75. The molecule has 1 N–H and O–H groups in total. The molecule has 0 radical (unpaired) electrons. The van der Waals surface area contributed by atoms with Gasteiger partial charge in [-0.1, -0.05) is 11.6 Å². The molecule has 2 amide bonds. The monoisotopic (exact) mass is 348 g/mol. The molecule has 3 heterocycles. The van der Waals surface area contributed by atoms with E-state index < -0.39 is 11.7 Å². The summed E-state index contributed by atoms with van der Waals surface area (Å²) < 4.78 is 38.1. The number of hydrogen-bond acceptors (Lipinski definition) is 3. The van der Waals surface area contributed by atoms with E-state index in [9.17, 15) is 18.0 Å². The van der Waals surface area contributed by atoms with Gasteiger partial charge in [-0.15, -0.1) is 0 Å². The van der Waals surface area contributed by atoms with E-state index in [0.717, 1.165) is 25.1 Å². The highest BCUT2D eigenvalue weighted by Crippen LogP contribution is 2.34. The molecule has 0 spiro atoms. The molecular weight excluding hydrogens is 333 g/mol. The lowest BCUT2D eigenvalue weighted by molar-refractivity contribution is -0.137. The van der Waals surface area contributed by atoms with Gasteiger partial charge in [0.25, 0.3) is 0 Å². The van der Waals surface area contributed by atoms with Gasteiger partial charge < -0.3 is 15.1 Å². The lowest BCUT2D eigenvalue weighted by atomic mass is 10.0. The van der Waals surface area contributed by atoms with E-state index in [1.54, 1.807) is 4.90 Å². The fraction of sp³-hybridized carbons (Fsp3) is 0.571. The average molecular weight is 349 g/mol. The summed E-state index contributed by atoms with van der Waals surface area (Å²) in [6.45, 7) is 2.44. The van der Waals surface area contributed by atoms with Crippen LogP contribution in [0.15, 0.2) is 12.3 Å². The standard InChI is InChI=1S/C14H16ClF3N4O/c15-11-6-9(14(16,17)18)7-20-12(11)21-4-1-2-10(8-21)22-5-3-19-13(22)23/h6-7,10H,1-5,8H2,(H,19,23)/t10-/m1/s1. The van der Waals surface area contributed by atoms with Crippen LogP contribution in [0.3, 0.4) is 0 Å². The van der Waals surface area contributed by atoms with Crippen molar-refractivity contribution >= 4 is 23.4 Å². The van der Waals surface area contributed by atoms with Crippen molar-refractivity contribution in [2.24, 2.45) is 0 Å². The molecule has 1 aromatic rings. The Kier molecular flexibility index (Phi) is 4.27. The molecule has 0 aliphatic carbocycles.